The Hall–Kier alpha value is -2.25. The van der Waals surface area contributed by atoms with E-state index in [-0.39, 0.29) is 6.29 Å². The molecule has 0 saturated carbocycles. The number of hydrogen-bond acceptors (Lipinski definition) is 5. The van der Waals surface area contributed by atoms with Crippen molar-refractivity contribution in [1.29, 1.82) is 0 Å². The molecule has 1 aliphatic rings. The summed E-state index contributed by atoms with van der Waals surface area (Å²) in [5.41, 5.74) is 0.554. The lowest BCUT2D eigenvalue weighted by Gasteiger charge is -2.27. The van der Waals surface area contributed by atoms with E-state index < -0.39 is 18.3 Å². The standard InChI is InChI=1S/C12H13N3O4/c16-8-10(17)14-11(18)15(12-13-6-7-19-12)9-4-2-1-3-5-9/h1-5,8,12-13H,6-7H2,(H,14,17,18). The molecular weight excluding hydrogens is 250 g/mol. The molecule has 1 heterocycles. The minimum atomic E-state index is -0.996. The summed E-state index contributed by atoms with van der Waals surface area (Å²) in [4.78, 5) is 34.5. The van der Waals surface area contributed by atoms with Gasteiger partial charge in [-0.2, -0.15) is 0 Å². The van der Waals surface area contributed by atoms with Crippen molar-refractivity contribution in [3.63, 3.8) is 0 Å². The number of ether oxygens (including phenoxy) is 1. The van der Waals surface area contributed by atoms with Gasteiger partial charge in [0.2, 0.25) is 6.29 Å². The molecule has 0 aliphatic carbocycles. The summed E-state index contributed by atoms with van der Waals surface area (Å²) in [6, 6.07) is 8.00. The maximum absolute atomic E-state index is 12.0. The molecule has 0 spiro atoms. The van der Waals surface area contributed by atoms with E-state index in [1.54, 1.807) is 30.3 Å². The van der Waals surface area contributed by atoms with Crippen molar-refractivity contribution in [2.24, 2.45) is 0 Å². The van der Waals surface area contributed by atoms with Crippen LogP contribution in [-0.4, -0.2) is 37.7 Å². The Bertz CT molecular complexity index is 471. The first-order chi connectivity index (χ1) is 9.22. The highest BCUT2D eigenvalue weighted by atomic mass is 16.5. The number of urea groups is 1. The molecule has 7 heteroatoms. The third kappa shape index (κ3) is 3.15. The van der Waals surface area contributed by atoms with Crippen LogP contribution in [0.1, 0.15) is 0 Å². The Morgan fingerprint density at radius 1 is 1.37 bits per heavy atom. The van der Waals surface area contributed by atoms with Crippen LogP contribution in [0.2, 0.25) is 0 Å². The van der Waals surface area contributed by atoms with E-state index in [4.69, 9.17) is 4.74 Å². The third-order valence-corrected chi connectivity index (χ3v) is 2.52. The Morgan fingerprint density at radius 2 is 2.11 bits per heavy atom. The minimum Gasteiger partial charge on any atom is -0.343 e. The van der Waals surface area contributed by atoms with Crippen LogP contribution in [0.25, 0.3) is 0 Å². The quantitative estimate of drug-likeness (QED) is 0.584. The molecule has 1 fully saturated rings. The summed E-state index contributed by atoms with van der Waals surface area (Å²) in [5, 5.41) is 4.94. The molecule has 7 nitrogen and oxygen atoms in total. The van der Waals surface area contributed by atoms with Gasteiger partial charge in [0.1, 0.15) is 0 Å². The van der Waals surface area contributed by atoms with E-state index >= 15 is 0 Å². The van der Waals surface area contributed by atoms with Gasteiger partial charge >= 0.3 is 6.03 Å². The molecular formula is C12H13N3O4. The van der Waals surface area contributed by atoms with E-state index in [0.717, 1.165) is 0 Å². The molecule has 0 aromatic heterocycles. The summed E-state index contributed by atoms with van der Waals surface area (Å²) < 4.78 is 5.36. The minimum absolute atomic E-state index is 0.0456. The number of carbonyl (C=O) groups excluding carboxylic acids is 3. The van der Waals surface area contributed by atoms with Crippen molar-refractivity contribution in [3.05, 3.63) is 30.3 Å². The lowest BCUT2D eigenvalue weighted by molar-refractivity contribution is -0.130. The molecule has 3 amide bonds. The molecule has 1 aromatic rings. The van der Waals surface area contributed by atoms with E-state index in [2.05, 4.69) is 5.32 Å². The van der Waals surface area contributed by atoms with Gasteiger partial charge in [0.25, 0.3) is 5.91 Å². The summed E-state index contributed by atoms with van der Waals surface area (Å²) in [6.45, 7) is 1.06. The summed E-state index contributed by atoms with van der Waals surface area (Å²) in [6.07, 6.45) is -0.619. The van der Waals surface area contributed by atoms with E-state index in [1.165, 1.54) is 4.90 Å². The fourth-order valence-corrected chi connectivity index (χ4v) is 1.72. The molecule has 0 radical (unpaired) electrons. The molecule has 2 N–H and O–H groups in total. The number of para-hydroxylation sites is 1. The molecule has 19 heavy (non-hydrogen) atoms. The van der Waals surface area contributed by atoms with Gasteiger partial charge in [0.05, 0.1) is 6.61 Å². The second-order valence-corrected chi connectivity index (χ2v) is 3.80. The number of carbonyl (C=O) groups is 3. The fraction of sp³-hybridized carbons (Fsp3) is 0.250. The number of amides is 3. The van der Waals surface area contributed by atoms with Gasteiger partial charge in [-0.3, -0.25) is 25.1 Å². The fourth-order valence-electron chi connectivity index (χ4n) is 1.72. The zero-order chi connectivity index (χ0) is 13.7. The SMILES string of the molecule is O=CC(=O)NC(=O)N(c1ccccc1)C1NCCO1. The number of anilines is 1. The topological polar surface area (TPSA) is 87.7 Å². The predicted octanol–water partition coefficient (Wildman–Crippen LogP) is -0.169. The average Bonchev–Trinajstić information content (AvgIpc) is 2.94. The van der Waals surface area contributed by atoms with Crippen molar-refractivity contribution in [2.45, 2.75) is 6.35 Å². The molecule has 0 bridgehead atoms. The van der Waals surface area contributed by atoms with Gasteiger partial charge in [-0.1, -0.05) is 18.2 Å². The summed E-state index contributed by atoms with van der Waals surface area (Å²) >= 11 is 0. The average molecular weight is 263 g/mol. The highest BCUT2D eigenvalue weighted by Gasteiger charge is 2.29. The number of rotatable bonds is 3. The van der Waals surface area contributed by atoms with Gasteiger partial charge in [-0.15, -0.1) is 0 Å². The van der Waals surface area contributed by atoms with Crippen LogP contribution in [0.4, 0.5) is 10.5 Å². The maximum Gasteiger partial charge on any atom is 0.332 e. The smallest absolute Gasteiger partial charge is 0.332 e. The monoisotopic (exact) mass is 263 g/mol. The van der Waals surface area contributed by atoms with Crippen molar-refractivity contribution in [3.8, 4) is 0 Å². The Kier molecular flexibility index (Phi) is 4.22. The predicted molar refractivity (Wildman–Crippen MR) is 66.3 cm³/mol. The summed E-state index contributed by atoms with van der Waals surface area (Å²) in [5.74, 6) is -0.996. The Morgan fingerprint density at radius 3 is 2.68 bits per heavy atom. The van der Waals surface area contributed by atoms with E-state index in [1.807, 2.05) is 5.32 Å². The van der Waals surface area contributed by atoms with Gasteiger partial charge in [0.15, 0.2) is 6.35 Å². The first-order valence-corrected chi connectivity index (χ1v) is 5.72. The highest BCUT2D eigenvalue weighted by Crippen LogP contribution is 2.17. The lowest BCUT2D eigenvalue weighted by atomic mass is 10.3. The molecule has 1 aromatic carbocycles. The second kappa shape index (κ2) is 6.07. The van der Waals surface area contributed by atoms with Crippen LogP contribution in [0.3, 0.4) is 0 Å². The second-order valence-electron chi connectivity index (χ2n) is 3.80. The molecule has 1 saturated heterocycles. The number of nitrogens with one attached hydrogen (secondary N) is 2. The number of aldehydes is 1. The van der Waals surface area contributed by atoms with Crippen molar-refractivity contribution in [2.75, 3.05) is 18.1 Å². The van der Waals surface area contributed by atoms with Crippen LogP contribution in [0.15, 0.2) is 30.3 Å². The van der Waals surface area contributed by atoms with Gasteiger partial charge < -0.3 is 4.74 Å². The van der Waals surface area contributed by atoms with Crippen LogP contribution in [0, 0.1) is 0 Å². The largest absolute Gasteiger partial charge is 0.343 e. The van der Waals surface area contributed by atoms with Crippen LogP contribution < -0.4 is 15.5 Å². The molecule has 2 rings (SSSR count). The lowest BCUT2D eigenvalue weighted by Crippen LogP contribution is -2.52. The van der Waals surface area contributed by atoms with E-state index in [0.29, 0.717) is 18.8 Å². The third-order valence-electron chi connectivity index (χ3n) is 2.52. The zero-order valence-electron chi connectivity index (χ0n) is 10.0. The van der Waals surface area contributed by atoms with Gasteiger partial charge in [-0.05, 0) is 12.1 Å². The van der Waals surface area contributed by atoms with Gasteiger partial charge in [-0.25, -0.2) is 4.79 Å². The van der Waals surface area contributed by atoms with Gasteiger partial charge in [0, 0.05) is 12.2 Å². The van der Waals surface area contributed by atoms with Crippen molar-refractivity contribution >= 4 is 23.9 Å². The highest BCUT2D eigenvalue weighted by molar-refractivity contribution is 6.28. The molecule has 1 aliphatic heterocycles. The summed E-state index contributed by atoms with van der Waals surface area (Å²) in [7, 11) is 0. The van der Waals surface area contributed by atoms with Crippen LogP contribution in [-0.2, 0) is 14.3 Å². The number of benzene rings is 1. The maximum atomic E-state index is 12.0. The van der Waals surface area contributed by atoms with Crippen molar-refractivity contribution in [1.82, 2.24) is 10.6 Å². The normalized spacial score (nSPS) is 17.8. The van der Waals surface area contributed by atoms with Crippen molar-refractivity contribution < 1.29 is 19.1 Å². The van der Waals surface area contributed by atoms with E-state index in [9.17, 15) is 14.4 Å². The molecule has 100 valence electrons. The molecule has 1 atom stereocenters. The Balaban J connectivity index is 2.21. The zero-order valence-corrected chi connectivity index (χ0v) is 10.0. The first kappa shape index (κ1) is 13.2. The first-order valence-electron chi connectivity index (χ1n) is 5.72. The number of imide groups is 1. The Labute approximate surface area is 109 Å². The van der Waals surface area contributed by atoms with Crippen LogP contribution in [0.5, 0.6) is 0 Å². The molecule has 1 unspecified atom stereocenters. The van der Waals surface area contributed by atoms with Crippen LogP contribution >= 0.6 is 0 Å². The number of nitrogens with zero attached hydrogens (tertiary/aromatic N) is 1. The number of hydrogen-bond donors (Lipinski definition) is 2.